The fourth-order valence-corrected chi connectivity index (χ4v) is 3.25. The molecular formula is C20H22N4O2. The van der Waals surface area contributed by atoms with Gasteiger partial charge in [0.15, 0.2) is 5.82 Å². The Bertz CT molecular complexity index is 906. The summed E-state index contributed by atoms with van der Waals surface area (Å²) in [5.41, 5.74) is 3.03. The zero-order chi connectivity index (χ0) is 17.9. The Balaban J connectivity index is 1.67. The molecule has 0 unspecified atom stereocenters. The summed E-state index contributed by atoms with van der Waals surface area (Å²) in [6.07, 6.45) is 1.81. The zero-order valence-corrected chi connectivity index (χ0v) is 15.0. The summed E-state index contributed by atoms with van der Waals surface area (Å²) in [5.74, 6) is 2.12. The Kier molecular flexibility index (Phi) is 4.58. The number of benzene rings is 2. The van der Waals surface area contributed by atoms with E-state index in [0.717, 1.165) is 42.6 Å². The van der Waals surface area contributed by atoms with Crippen LogP contribution in [0.2, 0.25) is 0 Å². The lowest BCUT2D eigenvalue weighted by Gasteiger charge is -2.29. The third-order valence-electron chi connectivity index (χ3n) is 4.70. The van der Waals surface area contributed by atoms with Gasteiger partial charge in [-0.15, -0.1) is 0 Å². The van der Waals surface area contributed by atoms with Gasteiger partial charge in [-0.25, -0.2) is 9.97 Å². The van der Waals surface area contributed by atoms with E-state index >= 15 is 0 Å². The Morgan fingerprint density at radius 3 is 2.46 bits per heavy atom. The molecule has 0 atom stereocenters. The minimum absolute atomic E-state index is 0.694. The number of nitrogens with zero attached hydrogens (tertiary/aromatic N) is 3. The molecule has 0 bridgehead atoms. The number of nitrogens with one attached hydrogen (secondary N) is 1. The molecule has 0 amide bonds. The molecule has 0 saturated carbocycles. The number of fused-ring (bicyclic) bond motifs is 1. The Hall–Kier alpha value is -2.86. The molecule has 1 saturated heterocycles. The molecule has 1 aromatic heterocycles. The number of anilines is 1. The van der Waals surface area contributed by atoms with E-state index in [1.165, 1.54) is 5.69 Å². The Labute approximate surface area is 152 Å². The number of hydrogen-bond acceptors (Lipinski definition) is 6. The SMILES string of the molecule is COc1cc(OC)c2cnc(-c3ccc(N4CCNCC4)cc3)nc2c1. The predicted molar refractivity (Wildman–Crippen MR) is 103 cm³/mol. The molecule has 1 fully saturated rings. The maximum absolute atomic E-state index is 5.43. The summed E-state index contributed by atoms with van der Waals surface area (Å²) in [5, 5.41) is 4.25. The highest BCUT2D eigenvalue weighted by molar-refractivity contribution is 5.87. The molecule has 6 nitrogen and oxygen atoms in total. The van der Waals surface area contributed by atoms with Crippen molar-refractivity contribution in [2.45, 2.75) is 0 Å². The average molecular weight is 350 g/mol. The van der Waals surface area contributed by atoms with Crippen LogP contribution in [0.25, 0.3) is 22.3 Å². The molecule has 3 aromatic rings. The fraction of sp³-hybridized carbons (Fsp3) is 0.300. The van der Waals surface area contributed by atoms with Crippen LogP contribution in [0.4, 0.5) is 5.69 Å². The van der Waals surface area contributed by atoms with E-state index in [1.807, 2.05) is 12.1 Å². The number of ether oxygens (including phenoxy) is 2. The minimum atomic E-state index is 0.694. The quantitative estimate of drug-likeness (QED) is 0.781. The molecule has 0 radical (unpaired) electrons. The van der Waals surface area contributed by atoms with Gasteiger partial charge in [0, 0.05) is 55.8 Å². The molecule has 4 rings (SSSR count). The van der Waals surface area contributed by atoms with Gasteiger partial charge < -0.3 is 19.7 Å². The van der Waals surface area contributed by atoms with Crippen molar-refractivity contribution in [2.24, 2.45) is 0 Å². The van der Waals surface area contributed by atoms with Crippen molar-refractivity contribution in [2.75, 3.05) is 45.3 Å². The van der Waals surface area contributed by atoms with E-state index in [4.69, 9.17) is 14.5 Å². The van der Waals surface area contributed by atoms with E-state index in [9.17, 15) is 0 Å². The molecule has 1 N–H and O–H groups in total. The van der Waals surface area contributed by atoms with Gasteiger partial charge in [0.1, 0.15) is 11.5 Å². The third-order valence-corrected chi connectivity index (χ3v) is 4.70. The van der Waals surface area contributed by atoms with E-state index in [2.05, 4.69) is 39.5 Å². The van der Waals surface area contributed by atoms with Crippen molar-refractivity contribution in [1.29, 1.82) is 0 Å². The first-order valence-electron chi connectivity index (χ1n) is 8.73. The monoisotopic (exact) mass is 350 g/mol. The number of methoxy groups -OCH3 is 2. The van der Waals surface area contributed by atoms with Crippen LogP contribution in [-0.2, 0) is 0 Å². The Morgan fingerprint density at radius 1 is 1.00 bits per heavy atom. The van der Waals surface area contributed by atoms with Gasteiger partial charge in [-0.2, -0.15) is 0 Å². The van der Waals surface area contributed by atoms with Crippen molar-refractivity contribution in [3.8, 4) is 22.9 Å². The molecule has 26 heavy (non-hydrogen) atoms. The van der Waals surface area contributed by atoms with Crippen LogP contribution in [0.1, 0.15) is 0 Å². The van der Waals surface area contributed by atoms with Crippen LogP contribution in [0.5, 0.6) is 11.5 Å². The summed E-state index contributed by atoms with van der Waals surface area (Å²) in [7, 11) is 3.27. The van der Waals surface area contributed by atoms with Crippen LogP contribution < -0.4 is 19.7 Å². The van der Waals surface area contributed by atoms with Crippen molar-refractivity contribution in [3.63, 3.8) is 0 Å². The molecule has 2 aromatic carbocycles. The lowest BCUT2D eigenvalue weighted by molar-refractivity contribution is 0.397. The van der Waals surface area contributed by atoms with E-state index in [-0.39, 0.29) is 0 Å². The standard InChI is InChI=1S/C20H22N4O2/c1-25-16-11-18-17(19(12-16)26-2)13-22-20(23-18)14-3-5-15(6-4-14)24-9-7-21-8-10-24/h3-6,11-13,21H,7-10H2,1-2H3. The second-order valence-corrected chi connectivity index (χ2v) is 6.24. The lowest BCUT2D eigenvalue weighted by atomic mass is 10.1. The van der Waals surface area contributed by atoms with Gasteiger partial charge in [0.25, 0.3) is 0 Å². The maximum atomic E-state index is 5.43. The molecular weight excluding hydrogens is 328 g/mol. The maximum Gasteiger partial charge on any atom is 0.159 e. The van der Waals surface area contributed by atoms with Crippen molar-refractivity contribution in [3.05, 3.63) is 42.6 Å². The van der Waals surface area contributed by atoms with E-state index in [0.29, 0.717) is 17.3 Å². The van der Waals surface area contributed by atoms with Gasteiger partial charge >= 0.3 is 0 Å². The number of hydrogen-bond donors (Lipinski definition) is 1. The van der Waals surface area contributed by atoms with Gasteiger partial charge in [-0.05, 0) is 24.3 Å². The second kappa shape index (κ2) is 7.17. The van der Waals surface area contributed by atoms with Crippen LogP contribution in [-0.4, -0.2) is 50.4 Å². The summed E-state index contributed by atoms with van der Waals surface area (Å²) in [4.78, 5) is 11.6. The highest BCUT2D eigenvalue weighted by Crippen LogP contribution is 2.31. The zero-order valence-electron chi connectivity index (χ0n) is 15.0. The summed E-state index contributed by atoms with van der Waals surface area (Å²) in [6, 6.07) is 12.2. The Morgan fingerprint density at radius 2 is 1.77 bits per heavy atom. The number of rotatable bonds is 4. The number of aromatic nitrogens is 2. The molecule has 0 aliphatic carbocycles. The van der Waals surface area contributed by atoms with Gasteiger partial charge in [0.05, 0.1) is 25.1 Å². The van der Waals surface area contributed by atoms with Crippen LogP contribution in [0.3, 0.4) is 0 Å². The highest BCUT2D eigenvalue weighted by Gasteiger charge is 2.12. The smallest absolute Gasteiger partial charge is 0.159 e. The summed E-state index contributed by atoms with van der Waals surface area (Å²) in [6.45, 7) is 4.12. The average Bonchev–Trinajstić information content (AvgIpc) is 2.73. The summed E-state index contributed by atoms with van der Waals surface area (Å²) < 4.78 is 10.8. The largest absolute Gasteiger partial charge is 0.497 e. The molecule has 2 heterocycles. The van der Waals surface area contributed by atoms with Gasteiger partial charge in [-0.3, -0.25) is 0 Å². The van der Waals surface area contributed by atoms with Crippen molar-refractivity contribution < 1.29 is 9.47 Å². The van der Waals surface area contributed by atoms with Gasteiger partial charge in [-0.1, -0.05) is 0 Å². The first-order valence-corrected chi connectivity index (χ1v) is 8.73. The molecule has 134 valence electrons. The molecule has 6 heteroatoms. The van der Waals surface area contributed by atoms with Crippen molar-refractivity contribution >= 4 is 16.6 Å². The second-order valence-electron chi connectivity index (χ2n) is 6.24. The normalized spacial score (nSPS) is 14.5. The van der Waals surface area contributed by atoms with Crippen LogP contribution in [0.15, 0.2) is 42.6 Å². The first kappa shape index (κ1) is 16.6. The predicted octanol–water partition coefficient (Wildman–Crippen LogP) is 2.72. The number of piperazine rings is 1. The van der Waals surface area contributed by atoms with Gasteiger partial charge in [0.2, 0.25) is 0 Å². The highest BCUT2D eigenvalue weighted by atomic mass is 16.5. The topological polar surface area (TPSA) is 59.5 Å². The fourth-order valence-electron chi connectivity index (χ4n) is 3.25. The molecule has 1 aliphatic heterocycles. The lowest BCUT2D eigenvalue weighted by Crippen LogP contribution is -2.43. The molecule has 0 spiro atoms. The first-order chi connectivity index (χ1) is 12.8. The van der Waals surface area contributed by atoms with Crippen molar-refractivity contribution in [1.82, 2.24) is 15.3 Å². The van der Waals surface area contributed by atoms with Crippen LogP contribution >= 0.6 is 0 Å². The third kappa shape index (κ3) is 3.15. The molecule has 1 aliphatic rings. The minimum Gasteiger partial charge on any atom is -0.497 e. The van der Waals surface area contributed by atoms with E-state index < -0.39 is 0 Å². The summed E-state index contributed by atoms with van der Waals surface area (Å²) >= 11 is 0. The van der Waals surface area contributed by atoms with Crippen LogP contribution in [0, 0.1) is 0 Å². The van der Waals surface area contributed by atoms with E-state index in [1.54, 1.807) is 20.4 Å².